The quantitative estimate of drug-likeness (QED) is 0.527. The number of rotatable bonds is 5. The topological polar surface area (TPSA) is 106 Å². The molecule has 35 heavy (non-hydrogen) atoms. The molecule has 2 unspecified atom stereocenters. The van der Waals surface area contributed by atoms with Gasteiger partial charge < -0.3 is 30.3 Å². The number of hydrogen-bond donors (Lipinski definition) is 2. The lowest BCUT2D eigenvalue weighted by atomic mass is 10.0. The molecule has 9 heteroatoms. The normalized spacial score (nSPS) is 17.3. The Balaban J connectivity index is 1.67. The van der Waals surface area contributed by atoms with Gasteiger partial charge in [-0.2, -0.15) is 0 Å². The average Bonchev–Trinajstić information content (AvgIpc) is 2.78. The van der Waals surface area contributed by atoms with E-state index in [0.29, 0.717) is 35.2 Å². The molecule has 9 nitrogen and oxygen atoms in total. The predicted molar refractivity (Wildman–Crippen MR) is 138 cm³/mol. The summed E-state index contributed by atoms with van der Waals surface area (Å²) in [7, 11) is 3.60. The van der Waals surface area contributed by atoms with Gasteiger partial charge in [-0.15, -0.1) is 0 Å². The smallest absolute Gasteiger partial charge is 0.415 e. The summed E-state index contributed by atoms with van der Waals surface area (Å²) in [5, 5.41) is 4.22. The Morgan fingerprint density at radius 1 is 1.14 bits per heavy atom. The maximum atomic E-state index is 13.0. The van der Waals surface area contributed by atoms with Crippen LogP contribution < -0.4 is 20.5 Å². The zero-order chi connectivity index (χ0) is 25.3. The molecule has 1 aromatic heterocycles. The van der Waals surface area contributed by atoms with E-state index in [-0.39, 0.29) is 12.1 Å². The Bertz CT molecular complexity index is 1230. The van der Waals surface area contributed by atoms with E-state index in [4.69, 9.17) is 15.2 Å². The van der Waals surface area contributed by atoms with E-state index >= 15 is 0 Å². The van der Waals surface area contributed by atoms with E-state index in [1.165, 1.54) is 0 Å². The summed E-state index contributed by atoms with van der Waals surface area (Å²) in [4.78, 5) is 26.2. The first kappa shape index (κ1) is 24.5. The van der Waals surface area contributed by atoms with Crippen LogP contribution in [0.5, 0.6) is 11.5 Å². The van der Waals surface area contributed by atoms with E-state index in [1.807, 2.05) is 40.0 Å². The molecule has 2 atom stereocenters. The first-order valence-electron chi connectivity index (χ1n) is 11.8. The van der Waals surface area contributed by atoms with Crippen LogP contribution in [0.2, 0.25) is 0 Å². The molecule has 3 N–H and O–H groups in total. The number of nitrogen functional groups attached to an aromatic ring is 1. The van der Waals surface area contributed by atoms with Crippen LogP contribution in [-0.4, -0.2) is 65.7 Å². The van der Waals surface area contributed by atoms with Gasteiger partial charge in [-0.25, -0.2) is 14.8 Å². The number of aromatic nitrogens is 2. The van der Waals surface area contributed by atoms with Crippen LogP contribution in [0.3, 0.4) is 0 Å². The molecule has 0 spiro atoms. The second-order valence-corrected chi connectivity index (χ2v) is 9.36. The summed E-state index contributed by atoms with van der Waals surface area (Å²) in [5.74, 6) is 2.04. The predicted octanol–water partition coefficient (Wildman–Crippen LogP) is 4.15. The van der Waals surface area contributed by atoms with Crippen LogP contribution >= 0.6 is 0 Å². The molecule has 3 aromatic rings. The highest BCUT2D eigenvalue weighted by molar-refractivity contribution is 5.92. The Morgan fingerprint density at radius 3 is 2.60 bits per heavy atom. The van der Waals surface area contributed by atoms with Crippen molar-refractivity contribution >= 4 is 28.5 Å². The minimum absolute atomic E-state index is 0.0542. The van der Waals surface area contributed by atoms with Gasteiger partial charge >= 0.3 is 6.09 Å². The second kappa shape index (κ2) is 9.95. The number of ether oxygens (including phenoxy) is 2. The number of hydrogen-bond acceptors (Lipinski definition) is 8. The van der Waals surface area contributed by atoms with Crippen LogP contribution in [0.15, 0.2) is 30.3 Å². The number of anilines is 2. The van der Waals surface area contributed by atoms with Crippen molar-refractivity contribution in [1.29, 1.82) is 0 Å². The van der Waals surface area contributed by atoms with Crippen molar-refractivity contribution < 1.29 is 14.3 Å². The lowest BCUT2D eigenvalue weighted by Gasteiger charge is -2.37. The Kier molecular flexibility index (Phi) is 6.98. The third kappa shape index (κ3) is 5.40. The number of methoxy groups -OCH3 is 1. The van der Waals surface area contributed by atoms with Gasteiger partial charge in [-0.1, -0.05) is 6.07 Å². The standard InChI is InChI=1S/C26H34N6O3/c1-15-9-19(11-20(27)10-15)17(3)28-25-21-12-24(23(34-6)13-22(21)29-18(4)30-25)35-26(33)32-8-7-31(5)14-16(32)2/h9-13,16-17H,7-8,14,27H2,1-6H3,(H,28,29,30). The van der Waals surface area contributed by atoms with E-state index < -0.39 is 6.09 Å². The minimum atomic E-state index is -0.394. The van der Waals surface area contributed by atoms with Crippen molar-refractivity contribution in [3.05, 3.63) is 47.3 Å². The maximum absolute atomic E-state index is 13.0. The van der Waals surface area contributed by atoms with Crippen molar-refractivity contribution in [2.45, 2.75) is 39.8 Å². The number of nitrogens with two attached hydrogens (primary N) is 1. The number of likely N-dealkylation sites (N-methyl/N-ethyl adjacent to an activating group) is 1. The highest BCUT2D eigenvalue weighted by atomic mass is 16.6. The highest BCUT2D eigenvalue weighted by Crippen LogP contribution is 2.36. The number of fused-ring (bicyclic) bond motifs is 1. The van der Waals surface area contributed by atoms with E-state index in [1.54, 1.807) is 24.1 Å². The molecule has 1 fully saturated rings. The van der Waals surface area contributed by atoms with Gasteiger partial charge in [0.25, 0.3) is 0 Å². The van der Waals surface area contributed by atoms with Crippen LogP contribution in [0.4, 0.5) is 16.3 Å². The molecule has 0 bridgehead atoms. The number of amides is 1. The van der Waals surface area contributed by atoms with Crippen molar-refractivity contribution in [3.63, 3.8) is 0 Å². The molecular weight excluding hydrogens is 444 g/mol. The summed E-state index contributed by atoms with van der Waals surface area (Å²) >= 11 is 0. The molecule has 0 saturated carbocycles. The Hall–Kier alpha value is -3.59. The number of carbonyl (C=O) groups excluding carboxylic acids is 1. The number of nitrogens with zero attached hydrogens (tertiary/aromatic N) is 4. The van der Waals surface area contributed by atoms with Crippen LogP contribution in [0.25, 0.3) is 10.9 Å². The number of piperazine rings is 1. The van der Waals surface area contributed by atoms with Crippen molar-refractivity contribution in [1.82, 2.24) is 19.8 Å². The highest BCUT2D eigenvalue weighted by Gasteiger charge is 2.28. The third-order valence-electron chi connectivity index (χ3n) is 6.33. The number of carbonyl (C=O) groups is 1. The largest absolute Gasteiger partial charge is 0.493 e. The lowest BCUT2D eigenvalue weighted by molar-refractivity contribution is 0.0886. The molecule has 1 aliphatic rings. The van der Waals surface area contributed by atoms with Gasteiger partial charge in [0.2, 0.25) is 0 Å². The maximum Gasteiger partial charge on any atom is 0.415 e. The molecular formula is C26H34N6O3. The van der Waals surface area contributed by atoms with Gasteiger partial charge in [0, 0.05) is 42.8 Å². The van der Waals surface area contributed by atoms with E-state index in [2.05, 4.69) is 33.2 Å². The number of nitrogens with one attached hydrogen (secondary N) is 1. The van der Waals surface area contributed by atoms with Gasteiger partial charge in [0.1, 0.15) is 11.6 Å². The molecule has 2 heterocycles. The second-order valence-electron chi connectivity index (χ2n) is 9.36. The molecule has 1 amide bonds. The Morgan fingerprint density at radius 2 is 1.91 bits per heavy atom. The van der Waals surface area contributed by atoms with Gasteiger partial charge in [0.05, 0.1) is 18.7 Å². The van der Waals surface area contributed by atoms with Crippen molar-refractivity contribution in [2.24, 2.45) is 0 Å². The van der Waals surface area contributed by atoms with Crippen LogP contribution in [-0.2, 0) is 0 Å². The Labute approximate surface area is 206 Å². The molecule has 2 aromatic carbocycles. The minimum Gasteiger partial charge on any atom is -0.493 e. The van der Waals surface area contributed by atoms with Gasteiger partial charge in [-0.3, -0.25) is 0 Å². The molecule has 0 aliphatic carbocycles. The third-order valence-corrected chi connectivity index (χ3v) is 6.33. The molecule has 0 radical (unpaired) electrons. The average molecular weight is 479 g/mol. The van der Waals surface area contributed by atoms with Crippen LogP contribution in [0, 0.1) is 13.8 Å². The summed E-state index contributed by atoms with van der Waals surface area (Å²) in [6.07, 6.45) is -0.394. The number of aryl methyl sites for hydroxylation is 2. The summed E-state index contributed by atoms with van der Waals surface area (Å²) in [5.41, 5.74) is 9.62. The van der Waals surface area contributed by atoms with Crippen LogP contribution in [0.1, 0.15) is 36.8 Å². The lowest BCUT2D eigenvalue weighted by Crippen LogP contribution is -2.53. The molecule has 4 rings (SSSR count). The zero-order valence-corrected chi connectivity index (χ0v) is 21.3. The fourth-order valence-corrected chi connectivity index (χ4v) is 4.55. The van der Waals surface area contributed by atoms with Crippen molar-refractivity contribution in [3.8, 4) is 11.5 Å². The van der Waals surface area contributed by atoms with Gasteiger partial charge in [0.15, 0.2) is 11.5 Å². The van der Waals surface area contributed by atoms with E-state index in [9.17, 15) is 4.79 Å². The first-order valence-corrected chi connectivity index (χ1v) is 11.8. The monoisotopic (exact) mass is 478 g/mol. The zero-order valence-electron chi connectivity index (χ0n) is 21.3. The summed E-state index contributed by atoms with van der Waals surface area (Å²) < 4.78 is 11.4. The van der Waals surface area contributed by atoms with E-state index in [0.717, 1.165) is 35.3 Å². The van der Waals surface area contributed by atoms with Crippen molar-refractivity contribution in [2.75, 3.05) is 44.8 Å². The summed E-state index contributed by atoms with van der Waals surface area (Å²) in [6, 6.07) is 9.53. The molecule has 1 aliphatic heterocycles. The summed E-state index contributed by atoms with van der Waals surface area (Å²) in [6.45, 7) is 10.1. The SMILES string of the molecule is COc1cc2nc(C)nc(NC(C)c3cc(C)cc(N)c3)c2cc1OC(=O)N1CCN(C)CC1C. The van der Waals surface area contributed by atoms with Gasteiger partial charge in [-0.05, 0) is 64.1 Å². The fraction of sp³-hybridized carbons (Fsp3) is 0.423. The fourth-order valence-electron chi connectivity index (χ4n) is 4.55. The molecule has 1 saturated heterocycles. The molecule has 186 valence electrons. The first-order chi connectivity index (χ1) is 16.6. The number of benzene rings is 2.